The van der Waals surface area contributed by atoms with Crippen LogP contribution < -0.4 is 9.64 Å². The number of fused-ring (bicyclic) bond motifs is 1. The lowest BCUT2D eigenvalue weighted by molar-refractivity contribution is -0.117. The molecule has 0 fully saturated rings. The molecular weight excluding hydrogens is 380 g/mol. The Morgan fingerprint density at radius 1 is 1.03 bits per heavy atom. The fourth-order valence-electron chi connectivity index (χ4n) is 3.28. The van der Waals surface area contributed by atoms with Crippen molar-refractivity contribution in [1.29, 1.82) is 0 Å². The molecule has 0 spiro atoms. The molecule has 1 aromatic heterocycles. The summed E-state index contributed by atoms with van der Waals surface area (Å²) in [6.45, 7) is 2.01. The van der Waals surface area contributed by atoms with Crippen LogP contribution in [0.2, 0.25) is 0 Å². The van der Waals surface area contributed by atoms with E-state index in [4.69, 9.17) is 9.72 Å². The largest absolute Gasteiger partial charge is 0.495 e. The molecule has 0 aliphatic carbocycles. The lowest BCUT2D eigenvalue weighted by Gasteiger charge is -2.22. The molecule has 0 saturated carbocycles. The van der Waals surface area contributed by atoms with Gasteiger partial charge in [0.25, 0.3) is 0 Å². The molecule has 0 N–H and O–H groups in total. The fourth-order valence-corrected chi connectivity index (χ4v) is 4.28. The number of benzene rings is 3. The van der Waals surface area contributed by atoms with Crippen LogP contribution in [0.1, 0.15) is 17.5 Å². The van der Waals surface area contributed by atoms with Gasteiger partial charge < -0.3 is 4.74 Å². The van der Waals surface area contributed by atoms with Crippen LogP contribution >= 0.6 is 11.3 Å². The van der Waals surface area contributed by atoms with Crippen molar-refractivity contribution in [2.45, 2.75) is 19.8 Å². The standard InChI is InChI=1S/C24H22N2O2S/c1-17-12-14-21(28-2)20(16-17)26(23(27)15-13-18-8-4-3-5-9-18)24-25-19-10-6-7-11-22(19)29-24/h3-12,14,16H,13,15H2,1-2H3. The summed E-state index contributed by atoms with van der Waals surface area (Å²) < 4.78 is 6.62. The molecular formula is C24H22N2O2S. The number of thiazole rings is 1. The summed E-state index contributed by atoms with van der Waals surface area (Å²) >= 11 is 1.51. The topological polar surface area (TPSA) is 42.4 Å². The Labute approximate surface area is 174 Å². The van der Waals surface area contributed by atoms with Crippen molar-refractivity contribution in [3.05, 3.63) is 83.9 Å². The van der Waals surface area contributed by atoms with Gasteiger partial charge in [0.2, 0.25) is 5.91 Å². The molecule has 4 rings (SSSR count). The average Bonchev–Trinajstić information content (AvgIpc) is 3.17. The SMILES string of the molecule is COc1ccc(C)cc1N(C(=O)CCc1ccccc1)c1nc2ccccc2s1. The average molecular weight is 403 g/mol. The summed E-state index contributed by atoms with van der Waals surface area (Å²) in [6.07, 6.45) is 1.06. The normalized spacial score (nSPS) is 10.8. The maximum absolute atomic E-state index is 13.4. The molecule has 0 aliphatic rings. The summed E-state index contributed by atoms with van der Waals surface area (Å²) in [6, 6.07) is 23.9. The van der Waals surface area contributed by atoms with Crippen molar-refractivity contribution in [2.75, 3.05) is 12.0 Å². The summed E-state index contributed by atoms with van der Waals surface area (Å²) in [5.74, 6) is 0.653. The summed E-state index contributed by atoms with van der Waals surface area (Å²) in [7, 11) is 1.62. The fraction of sp³-hybridized carbons (Fsp3) is 0.167. The highest BCUT2D eigenvalue weighted by Gasteiger charge is 2.24. The Morgan fingerprint density at radius 2 is 1.79 bits per heavy atom. The Morgan fingerprint density at radius 3 is 2.55 bits per heavy atom. The van der Waals surface area contributed by atoms with Crippen molar-refractivity contribution < 1.29 is 9.53 Å². The van der Waals surface area contributed by atoms with E-state index in [0.29, 0.717) is 23.7 Å². The van der Waals surface area contributed by atoms with Gasteiger partial charge in [-0.15, -0.1) is 0 Å². The second-order valence-electron chi connectivity index (χ2n) is 6.85. The third-order valence-corrected chi connectivity index (χ3v) is 5.79. The molecule has 4 aromatic rings. The number of carbonyl (C=O) groups is 1. The van der Waals surface area contributed by atoms with Crippen molar-refractivity contribution >= 4 is 38.3 Å². The molecule has 0 bridgehead atoms. The van der Waals surface area contributed by atoms with Crippen LogP contribution in [-0.4, -0.2) is 18.0 Å². The second-order valence-corrected chi connectivity index (χ2v) is 7.86. The lowest BCUT2D eigenvalue weighted by Crippen LogP contribution is -2.26. The molecule has 1 heterocycles. The number of rotatable bonds is 6. The van der Waals surface area contributed by atoms with E-state index in [1.165, 1.54) is 11.3 Å². The molecule has 3 aromatic carbocycles. The zero-order valence-electron chi connectivity index (χ0n) is 16.5. The van der Waals surface area contributed by atoms with Crippen LogP contribution in [0.3, 0.4) is 0 Å². The van der Waals surface area contributed by atoms with Crippen molar-refractivity contribution in [3.8, 4) is 5.75 Å². The number of anilines is 2. The first-order valence-corrected chi connectivity index (χ1v) is 10.3. The third-order valence-electron chi connectivity index (χ3n) is 4.77. The maximum Gasteiger partial charge on any atom is 0.233 e. The number of carbonyl (C=O) groups excluding carboxylic acids is 1. The van der Waals surface area contributed by atoms with Gasteiger partial charge in [-0.1, -0.05) is 59.9 Å². The van der Waals surface area contributed by atoms with Crippen molar-refractivity contribution in [1.82, 2.24) is 4.98 Å². The molecule has 4 nitrogen and oxygen atoms in total. The van der Waals surface area contributed by atoms with Crippen LogP contribution in [-0.2, 0) is 11.2 Å². The molecule has 0 unspecified atom stereocenters. The Balaban J connectivity index is 1.74. The second kappa shape index (κ2) is 8.45. The molecule has 29 heavy (non-hydrogen) atoms. The highest BCUT2D eigenvalue weighted by atomic mass is 32.1. The van der Waals surface area contributed by atoms with E-state index in [9.17, 15) is 4.79 Å². The minimum atomic E-state index is -0.00295. The van der Waals surface area contributed by atoms with Gasteiger partial charge in [0.1, 0.15) is 5.75 Å². The first-order chi connectivity index (χ1) is 14.2. The highest BCUT2D eigenvalue weighted by molar-refractivity contribution is 7.22. The predicted octanol–water partition coefficient (Wildman–Crippen LogP) is 5.91. The molecule has 0 atom stereocenters. The molecule has 0 radical (unpaired) electrons. The van der Waals surface area contributed by atoms with E-state index >= 15 is 0 Å². The number of nitrogens with zero attached hydrogens (tertiary/aromatic N) is 2. The number of hydrogen-bond acceptors (Lipinski definition) is 4. The van der Waals surface area contributed by atoms with Gasteiger partial charge in [-0.2, -0.15) is 0 Å². The minimum Gasteiger partial charge on any atom is -0.495 e. The molecule has 1 amide bonds. The summed E-state index contributed by atoms with van der Waals surface area (Å²) in [5, 5.41) is 0.660. The van der Waals surface area contributed by atoms with Crippen molar-refractivity contribution in [2.24, 2.45) is 0 Å². The van der Waals surface area contributed by atoms with Gasteiger partial charge in [0.15, 0.2) is 5.13 Å². The molecule has 0 aliphatic heterocycles. The van der Waals surface area contributed by atoms with Crippen LogP contribution in [0.5, 0.6) is 5.75 Å². The summed E-state index contributed by atoms with van der Waals surface area (Å²) in [4.78, 5) is 19.9. The first-order valence-electron chi connectivity index (χ1n) is 9.53. The molecule has 146 valence electrons. The Hall–Kier alpha value is -3.18. The first kappa shape index (κ1) is 19.2. The van der Waals surface area contributed by atoms with E-state index in [1.807, 2.05) is 79.7 Å². The summed E-state index contributed by atoms with van der Waals surface area (Å²) in [5.41, 5.74) is 3.81. The predicted molar refractivity (Wildman–Crippen MR) is 119 cm³/mol. The zero-order valence-corrected chi connectivity index (χ0v) is 17.3. The molecule has 5 heteroatoms. The van der Waals surface area contributed by atoms with Gasteiger partial charge in [-0.05, 0) is 48.7 Å². The minimum absolute atomic E-state index is 0.00295. The van der Waals surface area contributed by atoms with E-state index in [1.54, 1.807) is 12.0 Å². The van der Waals surface area contributed by atoms with Crippen molar-refractivity contribution in [3.63, 3.8) is 0 Å². The highest BCUT2D eigenvalue weighted by Crippen LogP contribution is 2.39. The van der Waals surface area contributed by atoms with Gasteiger partial charge in [-0.3, -0.25) is 9.69 Å². The number of ether oxygens (including phenoxy) is 1. The number of methoxy groups -OCH3 is 1. The van der Waals surface area contributed by atoms with E-state index in [0.717, 1.165) is 27.0 Å². The number of para-hydroxylation sites is 1. The van der Waals surface area contributed by atoms with Crippen LogP contribution in [0.25, 0.3) is 10.2 Å². The van der Waals surface area contributed by atoms with Gasteiger partial charge in [-0.25, -0.2) is 4.98 Å². The third kappa shape index (κ3) is 4.15. The quantitative estimate of drug-likeness (QED) is 0.403. The lowest BCUT2D eigenvalue weighted by atomic mass is 10.1. The van der Waals surface area contributed by atoms with Gasteiger partial charge >= 0.3 is 0 Å². The zero-order chi connectivity index (χ0) is 20.2. The molecule has 0 saturated heterocycles. The van der Waals surface area contributed by atoms with E-state index in [-0.39, 0.29) is 5.91 Å². The monoisotopic (exact) mass is 402 g/mol. The van der Waals surface area contributed by atoms with Crippen LogP contribution in [0.4, 0.5) is 10.8 Å². The number of aromatic nitrogens is 1. The maximum atomic E-state index is 13.4. The van der Waals surface area contributed by atoms with E-state index in [2.05, 4.69) is 0 Å². The Bertz CT molecular complexity index is 1110. The number of hydrogen-bond donors (Lipinski definition) is 0. The number of aryl methyl sites for hydroxylation is 2. The van der Waals surface area contributed by atoms with E-state index < -0.39 is 0 Å². The van der Waals surface area contributed by atoms with Crippen LogP contribution in [0.15, 0.2) is 72.8 Å². The number of amides is 1. The van der Waals surface area contributed by atoms with Crippen LogP contribution in [0, 0.1) is 6.92 Å². The van der Waals surface area contributed by atoms with Gasteiger partial charge in [0, 0.05) is 6.42 Å². The Kier molecular flexibility index (Phi) is 5.58. The smallest absolute Gasteiger partial charge is 0.233 e. The van der Waals surface area contributed by atoms with Gasteiger partial charge in [0.05, 0.1) is 23.0 Å².